The second kappa shape index (κ2) is 6.75. The van der Waals surface area contributed by atoms with Crippen LogP contribution in [0.3, 0.4) is 0 Å². The third-order valence-corrected chi connectivity index (χ3v) is 3.71. The fourth-order valence-electron chi connectivity index (χ4n) is 2.42. The normalized spacial score (nSPS) is 15.1. The Morgan fingerprint density at radius 3 is 2.35 bits per heavy atom. The number of alkyl halides is 3. The smallest absolute Gasteiger partial charge is 0.420 e. The van der Waals surface area contributed by atoms with Crippen molar-refractivity contribution >= 4 is 17.4 Å². The number of oxazole rings is 1. The molecule has 0 spiro atoms. The number of hydrogen-bond acceptors (Lipinski definition) is 7. The third kappa shape index (κ3) is 3.52. The number of anilines is 1. The minimum Gasteiger partial charge on any atom is -0.420 e. The zero-order chi connectivity index (χ0) is 18.9. The molecular formula is C15H12F3N3O5. The Kier molecular flexibility index (Phi) is 4.64. The van der Waals surface area contributed by atoms with E-state index in [9.17, 15) is 28.1 Å². The van der Waals surface area contributed by atoms with Crippen LogP contribution in [0.1, 0.15) is 10.5 Å². The van der Waals surface area contributed by atoms with Gasteiger partial charge in [0.15, 0.2) is 5.69 Å². The van der Waals surface area contributed by atoms with E-state index in [0.29, 0.717) is 0 Å². The number of nitro groups is 1. The zero-order valence-electron chi connectivity index (χ0n) is 13.2. The molecule has 11 heteroatoms. The van der Waals surface area contributed by atoms with Crippen LogP contribution in [0.5, 0.6) is 0 Å². The van der Waals surface area contributed by atoms with Crippen molar-refractivity contribution in [2.45, 2.75) is 6.18 Å². The Labute approximate surface area is 144 Å². The van der Waals surface area contributed by atoms with Crippen LogP contribution in [0.2, 0.25) is 0 Å². The number of rotatable bonds is 4. The van der Waals surface area contributed by atoms with Crippen molar-refractivity contribution in [2.24, 2.45) is 0 Å². The fourth-order valence-corrected chi connectivity index (χ4v) is 2.42. The van der Waals surface area contributed by atoms with Crippen LogP contribution in [-0.2, 0) is 4.74 Å². The molecule has 138 valence electrons. The van der Waals surface area contributed by atoms with Gasteiger partial charge in [-0.1, -0.05) is 0 Å². The topological polar surface area (TPSA) is 98.7 Å². The summed E-state index contributed by atoms with van der Waals surface area (Å²) in [5.74, 6) is -2.63. The van der Waals surface area contributed by atoms with Crippen molar-refractivity contribution in [1.29, 1.82) is 0 Å². The fraction of sp³-hybridized carbons (Fsp3) is 0.333. The minimum atomic E-state index is -5.11. The largest absolute Gasteiger partial charge is 0.456 e. The molecule has 8 nitrogen and oxygen atoms in total. The average molecular weight is 371 g/mol. The number of morpholine rings is 1. The van der Waals surface area contributed by atoms with Crippen LogP contribution in [0.15, 0.2) is 28.7 Å². The second-order valence-electron chi connectivity index (χ2n) is 5.40. The summed E-state index contributed by atoms with van der Waals surface area (Å²) in [6.45, 7) is 1.03. The van der Waals surface area contributed by atoms with Gasteiger partial charge in [-0.2, -0.15) is 13.2 Å². The summed E-state index contributed by atoms with van der Waals surface area (Å²) in [6, 6.07) is 4.90. The lowest BCUT2D eigenvalue weighted by atomic mass is 10.2. The first-order valence-electron chi connectivity index (χ1n) is 7.47. The van der Waals surface area contributed by atoms with Gasteiger partial charge in [0.1, 0.15) is 0 Å². The molecule has 1 fully saturated rings. The Morgan fingerprint density at radius 2 is 1.81 bits per heavy atom. The number of hydrogen-bond donors (Lipinski definition) is 0. The van der Waals surface area contributed by atoms with Crippen LogP contribution >= 0.6 is 0 Å². The molecule has 0 aliphatic carbocycles. The number of nitro benzene ring substituents is 1. The number of ether oxygens (including phenoxy) is 1. The minimum absolute atomic E-state index is 0.194. The molecule has 0 N–H and O–H groups in total. The highest BCUT2D eigenvalue weighted by Crippen LogP contribution is 2.33. The molecule has 1 aromatic heterocycles. The molecule has 26 heavy (non-hydrogen) atoms. The lowest BCUT2D eigenvalue weighted by Gasteiger charge is -2.26. The first kappa shape index (κ1) is 17.9. The number of halogens is 3. The molecule has 1 aliphatic rings. The number of non-ortho nitro benzene ring substituents is 1. The summed E-state index contributed by atoms with van der Waals surface area (Å²) in [6.07, 6.45) is -5.11. The molecule has 0 saturated carbocycles. The van der Waals surface area contributed by atoms with Gasteiger partial charge < -0.3 is 14.1 Å². The van der Waals surface area contributed by atoms with Crippen molar-refractivity contribution in [2.75, 3.05) is 31.2 Å². The number of ketones is 1. The van der Waals surface area contributed by atoms with Crippen molar-refractivity contribution < 1.29 is 32.0 Å². The maximum absolute atomic E-state index is 12.9. The highest BCUT2D eigenvalue weighted by molar-refractivity contribution is 6.02. The Morgan fingerprint density at radius 1 is 1.19 bits per heavy atom. The van der Waals surface area contributed by atoms with Crippen molar-refractivity contribution in [3.63, 3.8) is 0 Å². The number of carbonyl (C=O) groups excluding carboxylic acids is 1. The molecule has 0 bridgehead atoms. The summed E-state index contributed by atoms with van der Waals surface area (Å²) in [7, 11) is 0. The van der Waals surface area contributed by atoms with Gasteiger partial charge >= 0.3 is 6.18 Å². The van der Waals surface area contributed by atoms with Crippen LogP contribution in [0.4, 0.5) is 24.7 Å². The van der Waals surface area contributed by atoms with Gasteiger partial charge in [0.2, 0.25) is 11.8 Å². The van der Waals surface area contributed by atoms with E-state index in [0.717, 1.165) is 0 Å². The standard InChI is InChI=1S/C15H12F3N3O5/c16-15(17,18)12(22)11-14(20-5-7-25-8-6-20)26-13(19-11)9-1-3-10(4-2-9)21(23)24/h1-4H,5-8H2. The van der Waals surface area contributed by atoms with E-state index in [4.69, 9.17) is 9.15 Å². The number of benzene rings is 1. The molecule has 2 aromatic rings. The first-order chi connectivity index (χ1) is 12.3. The van der Waals surface area contributed by atoms with E-state index < -0.39 is 22.6 Å². The van der Waals surface area contributed by atoms with E-state index in [1.54, 1.807) is 0 Å². The monoisotopic (exact) mass is 371 g/mol. The summed E-state index contributed by atoms with van der Waals surface area (Å²) in [5, 5.41) is 10.7. The Bertz CT molecular complexity index is 826. The molecule has 1 aliphatic heterocycles. The van der Waals surface area contributed by atoms with Gasteiger partial charge in [0.25, 0.3) is 11.5 Å². The molecule has 1 saturated heterocycles. The van der Waals surface area contributed by atoms with E-state index in [2.05, 4.69) is 4.98 Å². The number of nitrogens with zero attached hydrogens (tertiary/aromatic N) is 3. The lowest BCUT2D eigenvalue weighted by molar-refractivity contribution is -0.384. The lowest BCUT2D eigenvalue weighted by Crippen LogP contribution is -2.37. The van der Waals surface area contributed by atoms with Gasteiger partial charge in [0.05, 0.1) is 18.1 Å². The molecule has 0 radical (unpaired) electrons. The summed E-state index contributed by atoms with van der Waals surface area (Å²) < 4.78 is 49.2. The molecule has 0 unspecified atom stereocenters. The maximum atomic E-state index is 12.9. The number of Topliss-reactive ketones (excluding diaryl/α,β-unsaturated/α-hetero) is 1. The quantitative estimate of drug-likeness (QED) is 0.463. The van der Waals surface area contributed by atoms with E-state index >= 15 is 0 Å². The van der Waals surface area contributed by atoms with Crippen molar-refractivity contribution in [1.82, 2.24) is 4.98 Å². The third-order valence-electron chi connectivity index (χ3n) is 3.71. The molecule has 0 atom stereocenters. The molecular weight excluding hydrogens is 359 g/mol. The first-order valence-corrected chi connectivity index (χ1v) is 7.47. The summed E-state index contributed by atoms with van der Waals surface area (Å²) >= 11 is 0. The predicted molar refractivity (Wildman–Crippen MR) is 82.0 cm³/mol. The maximum Gasteiger partial charge on any atom is 0.456 e. The van der Waals surface area contributed by atoms with Gasteiger partial charge in [0, 0.05) is 30.8 Å². The second-order valence-corrected chi connectivity index (χ2v) is 5.40. The van der Waals surface area contributed by atoms with Crippen molar-refractivity contribution in [3.8, 4) is 11.5 Å². The summed E-state index contributed by atoms with van der Waals surface area (Å²) in [5.41, 5.74) is -0.820. The van der Waals surface area contributed by atoms with Gasteiger partial charge in [-0.05, 0) is 12.1 Å². The van der Waals surface area contributed by atoms with Crippen molar-refractivity contribution in [3.05, 3.63) is 40.1 Å². The molecule has 2 heterocycles. The highest BCUT2D eigenvalue weighted by Gasteiger charge is 2.44. The van der Waals surface area contributed by atoms with Crippen LogP contribution < -0.4 is 4.90 Å². The Balaban J connectivity index is 2.02. The predicted octanol–water partition coefficient (Wildman–Crippen LogP) is 2.83. The van der Waals surface area contributed by atoms with Crippen LogP contribution in [0, 0.1) is 10.1 Å². The van der Waals surface area contributed by atoms with E-state index in [1.807, 2.05) is 0 Å². The van der Waals surface area contributed by atoms with Crippen LogP contribution in [-0.4, -0.2) is 48.2 Å². The van der Waals surface area contributed by atoms with E-state index in [-0.39, 0.29) is 49.3 Å². The zero-order valence-corrected chi connectivity index (χ0v) is 13.2. The molecule has 0 amide bonds. The molecule has 1 aromatic carbocycles. The number of aromatic nitrogens is 1. The highest BCUT2D eigenvalue weighted by atomic mass is 19.4. The van der Waals surface area contributed by atoms with E-state index in [1.165, 1.54) is 29.2 Å². The Hall–Kier alpha value is -2.95. The van der Waals surface area contributed by atoms with Gasteiger partial charge in [-0.25, -0.2) is 4.98 Å². The number of carbonyl (C=O) groups is 1. The summed E-state index contributed by atoms with van der Waals surface area (Å²) in [4.78, 5) is 27.0. The average Bonchev–Trinajstić information content (AvgIpc) is 3.06. The molecule has 3 rings (SSSR count). The van der Waals surface area contributed by atoms with Crippen LogP contribution in [0.25, 0.3) is 11.5 Å². The van der Waals surface area contributed by atoms with Gasteiger partial charge in [-0.3, -0.25) is 14.9 Å². The van der Waals surface area contributed by atoms with Gasteiger partial charge in [-0.15, -0.1) is 0 Å². The SMILES string of the molecule is O=C(c1nc(-c2ccc([N+](=O)[O-])cc2)oc1N1CCOCC1)C(F)(F)F.